The molecule has 1 saturated carbocycles. The van der Waals surface area contributed by atoms with Gasteiger partial charge in [0.2, 0.25) is 9.84 Å². The first-order chi connectivity index (χ1) is 11.8. The number of allylic oxidation sites excluding steroid dienone is 3. The van der Waals surface area contributed by atoms with Crippen molar-refractivity contribution in [1.29, 1.82) is 0 Å². The molecule has 0 aromatic heterocycles. The van der Waals surface area contributed by atoms with Gasteiger partial charge in [0.1, 0.15) is 18.0 Å². The van der Waals surface area contributed by atoms with Gasteiger partial charge in [0, 0.05) is 24.8 Å². The smallest absolute Gasteiger partial charge is 0.308 e. The summed E-state index contributed by atoms with van der Waals surface area (Å²) in [5, 5.41) is 9.56. The molecule has 0 spiro atoms. The van der Waals surface area contributed by atoms with Gasteiger partial charge in [-0.2, -0.15) is 0 Å². The summed E-state index contributed by atoms with van der Waals surface area (Å²) in [6, 6.07) is -1.92. The largest absolute Gasteiger partial charge is 0.490 e. The fourth-order valence-electron chi connectivity index (χ4n) is 2.48. The van der Waals surface area contributed by atoms with Crippen LogP contribution in [0.15, 0.2) is 35.0 Å². The van der Waals surface area contributed by atoms with E-state index in [0.717, 1.165) is 6.08 Å². The summed E-state index contributed by atoms with van der Waals surface area (Å²) in [5.41, 5.74) is -0.945. The van der Waals surface area contributed by atoms with E-state index in [4.69, 9.17) is 4.74 Å². The van der Waals surface area contributed by atoms with Crippen LogP contribution in [0.25, 0.3) is 0 Å². The Balaban J connectivity index is 2.42. The van der Waals surface area contributed by atoms with Crippen LogP contribution in [-0.4, -0.2) is 49.8 Å². The van der Waals surface area contributed by atoms with Crippen LogP contribution in [-0.2, 0) is 14.6 Å². The van der Waals surface area contributed by atoms with Crippen molar-refractivity contribution in [2.45, 2.75) is 49.5 Å². The first-order valence-corrected chi connectivity index (χ1v) is 9.08. The molecule has 0 aromatic carbocycles. The van der Waals surface area contributed by atoms with Crippen molar-refractivity contribution in [3.63, 3.8) is 0 Å². The second kappa shape index (κ2) is 6.91. The van der Waals surface area contributed by atoms with E-state index in [0.29, 0.717) is 6.08 Å². The lowest BCUT2D eigenvalue weighted by Gasteiger charge is -2.36. The van der Waals surface area contributed by atoms with Crippen LogP contribution in [0.4, 0.5) is 26.3 Å². The van der Waals surface area contributed by atoms with Crippen LogP contribution in [0.3, 0.4) is 0 Å². The SMILES string of the molecule is C=C1/C(OC2CC(F)(F)C2)=C\C=C(\S(=O)(=O)CF)C[C@H](O)C(F)(F)[C@@H]1F. The number of ether oxygens (including phenoxy) is 1. The molecule has 148 valence electrons. The molecule has 2 rings (SSSR count). The third-order valence-corrected chi connectivity index (χ3v) is 5.50. The molecule has 2 aliphatic carbocycles. The van der Waals surface area contributed by atoms with Crippen LogP contribution < -0.4 is 0 Å². The monoisotopic (exact) mass is 406 g/mol. The fraction of sp³-hybridized carbons (Fsp3) is 0.600. The van der Waals surface area contributed by atoms with E-state index in [1.807, 2.05) is 0 Å². The van der Waals surface area contributed by atoms with Crippen LogP contribution >= 0.6 is 0 Å². The summed E-state index contributed by atoms with van der Waals surface area (Å²) < 4.78 is 109. The second-order valence-corrected chi connectivity index (χ2v) is 8.15. The topological polar surface area (TPSA) is 63.6 Å². The molecule has 0 unspecified atom stereocenters. The summed E-state index contributed by atoms with van der Waals surface area (Å²) in [5.74, 6) is -8.13. The molecule has 0 radical (unpaired) electrons. The van der Waals surface area contributed by atoms with Crippen LogP contribution in [0.2, 0.25) is 0 Å². The summed E-state index contributed by atoms with van der Waals surface area (Å²) in [4.78, 5) is -0.908. The van der Waals surface area contributed by atoms with Gasteiger partial charge in [0.15, 0.2) is 12.2 Å². The fourth-order valence-corrected chi connectivity index (χ4v) is 3.31. The van der Waals surface area contributed by atoms with Crippen molar-refractivity contribution in [2.75, 3.05) is 6.01 Å². The van der Waals surface area contributed by atoms with Crippen LogP contribution in [0, 0.1) is 0 Å². The maximum Gasteiger partial charge on any atom is 0.308 e. The highest BCUT2D eigenvalue weighted by Gasteiger charge is 2.52. The number of aliphatic hydroxyl groups is 1. The van der Waals surface area contributed by atoms with E-state index in [1.165, 1.54) is 0 Å². The van der Waals surface area contributed by atoms with Crippen molar-refractivity contribution in [1.82, 2.24) is 0 Å². The Labute approximate surface area is 145 Å². The van der Waals surface area contributed by atoms with E-state index < -0.39 is 81.6 Å². The molecular formula is C15H16F6O4S. The van der Waals surface area contributed by atoms with E-state index in [-0.39, 0.29) is 0 Å². The van der Waals surface area contributed by atoms with Gasteiger partial charge in [-0.15, -0.1) is 0 Å². The predicted octanol–water partition coefficient (Wildman–Crippen LogP) is 3.20. The predicted molar refractivity (Wildman–Crippen MR) is 79.7 cm³/mol. The molecule has 1 N–H and O–H groups in total. The third kappa shape index (κ3) is 4.08. The molecule has 26 heavy (non-hydrogen) atoms. The zero-order valence-corrected chi connectivity index (χ0v) is 14.1. The molecule has 11 heteroatoms. The van der Waals surface area contributed by atoms with Crippen LogP contribution in [0.1, 0.15) is 19.3 Å². The minimum Gasteiger partial charge on any atom is -0.490 e. The van der Waals surface area contributed by atoms with Gasteiger partial charge in [-0.05, 0) is 12.2 Å². The average molecular weight is 406 g/mol. The Kier molecular flexibility index (Phi) is 5.54. The highest BCUT2D eigenvalue weighted by Crippen LogP contribution is 2.43. The lowest BCUT2D eigenvalue weighted by Crippen LogP contribution is -2.45. The molecule has 4 nitrogen and oxygen atoms in total. The number of halogens is 6. The van der Waals surface area contributed by atoms with Crippen molar-refractivity contribution in [3.05, 3.63) is 35.0 Å². The van der Waals surface area contributed by atoms with Crippen molar-refractivity contribution in [2.24, 2.45) is 0 Å². The van der Waals surface area contributed by atoms with Crippen molar-refractivity contribution in [3.8, 4) is 0 Å². The Morgan fingerprint density at radius 1 is 1.23 bits per heavy atom. The molecule has 0 heterocycles. The minimum atomic E-state index is -4.63. The van der Waals surface area contributed by atoms with Gasteiger partial charge in [-0.3, -0.25) is 0 Å². The average Bonchev–Trinajstić information content (AvgIpc) is 2.55. The number of alkyl halides is 6. The molecule has 2 aliphatic rings. The summed E-state index contributed by atoms with van der Waals surface area (Å²) in [7, 11) is -4.63. The molecule has 0 saturated heterocycles. The molecule has 0 aromatic rings. The first kappa shape index (κ1) is 20.8. The Morgan fingerprint density at radius 2 is 1.81 bits per heavy atom. The zero-order chi connectivity index (χ0) is 19.9. The molecule has 0 bridgehead atoms. The number of hydrogen-bond acceptors (Lipinski definition) is 4. The number of hydrogen-bond donors (Lipinski definition) is 1. The van der Waals surface area contributed by atoms with E-state index in [1.54, 1.807) is 0 Å². The molecule has 0 amide bonds. The first-order valence-electron chi connectivity index (χ1n) is 7.43. The highest BCUT2D eigenvalue weighted by molar-refractivity contribution is 7.95. The number of rotatable bonds is 4. The van der Waals surface area contributed by atoms with Crippen molar-refractivity contribution < 1.29 is 44.6 Å². The van der Waals surface area contributed by atoms with Gasteiger partial charge in [-0.1, -0.05) is 6.58 Å². The maximum absolute atomic E-state index is 14.2. The zero-order valence-electron chi connectivity index (χ0n) is 13.3. The lowest BCUT2D eigenvalue weighted by molar-refractivity contribution is -0.156. The Morgan fingerprint density at radius 3 is 2.31 bits per heavy atom. The van der Waals surface area contributed by atoms with E-state index in [2.05, 4.69) is 6.58 Å². The third-order valence-electron chi connectivity index (χ3n) is 4.11. The van der Waals surface area contributed by atoms with Crippen LogP contribution in [0.5, 0.6) is 0 Å². The number of sulfone groups is 1. The van der Waals surface area contributed by atoms with E-state index >= 15 is 0 Å². The number of aliphatic hydroxyl groups excluding tert-OH is 1. The molecular weight excluding hydrogens is 390 g/mol. The lowest BCUT2D eigenvalue weighted by atomic mass is 9.90. The van der Waals surface area contributed by atoms with Gasteiger partial charge in [0.05, 0.1) is 4.91 Å². The molecule has 0 aliphatic heterocycles. The van der Waals surface area contributed by atoms with E-state index in [9.17, 15) is 39.9 Å². The van der Waals surface area contributed by atoms with Gasteiger partial charge in [0.25, 0.3) is 5.92 Å². The summed E-state index contributed by atoms with van der Waals surface area (Å²) >= 11 is 0. The molecule has 1 fully saturated rings. The Hall–Kier alpha value is -1.49. The highest BCUT2D eigenvalue weighted by atomic mass is 32.2. The Bertz CT molecular complexity index is 735. The maximum atomic E-state index is 14.2. The summed E-state index contributed by atoms with van der Waals surface area (Å²) in [6.45, 7) is 3.11. The minimum absolute atomic E-state index is 0.668. The normalized spacial score (nSPS) is 33.6. The summed E-state index contributed by atoms with van der Waals surface area (Å²) in [6.07, 6.45) is -8.31. The standard InChI is InChI=1S/C15H16F6O4S/c1-8-11(25-9-5-14(18,19)6-9)3-2-10(26(23,24)7-16)4-12(22)15(20,21)13(8)17/h2-3,9,12-13,22H,1,4-7H2/b10-2+,11-3+/t12-,13+/m0/s1. The quantitative estimate of drug-likeness (QED) is 0.729. The van der Waals surface area contributed by atoms with Crippen molar-refractivity contribution >= 4 is 9.84 Å². The van der Waals surface area contributed by atoms with Gasteiger partial charge >= 0.3 is 5.92 Å². The second-order valence-electron chi connectivity index (χ2n) is 6.17. The van der Waals surface area contributed by atoms with Gasteiger partial charge < -0.3 is 9.84 Å². The molecule has 2 atom stereocenters. The van der Waals surface area contributed by atoms with Gasteiger partial charge in [-0.25, -0.2) is 34.8 Å².